The zero-order chi connectivity index (χ0) is 19.9. The largest absolute Gasteiger partial charge is 0.497 e. The van der Waals surface area contributed by atoms with Gasteiger partial charge in [-0.15, -0.1) is 0 Å². The quantitative estimate of drug-likeness (QED) is 0.684. The van der Waals surface area contributed by atoms with Crippen molar-refractivity contribution in [2.75, 3.05) is 19.0 Å². The number of ether oxygens (including phenoxy) is 2. The molecule has 28 heavy (non-hydrogen) atoms. The highest BCUT2D eigenvalue weighted by Gasteiger charge is 2.25. The monoisotopic (exact) mass is 382 g/mol. The molecule has 1 aliphatic carbocycles. The van der Waals surface area contributed by atoms with Crippen molar-refractivity contribution in [1.29, 1.82) is 0 Å². The van der Waals surface area contributed by atoms with Crippen LogP contribution in [0, 0.1) is 0 Å². The molecule has 0 heterocycles. The van der Waals surface area contributed by atoms with Crippen molar-refractivity contribution in [1.82, 2.24) is 5.32 Å². The zero-order valence-electron chi connectivity index (χ0n) is 15.6. The Kier molecular flexibility index (Phi) is 6.26. The van der Waals surface area contributed by atoms with E-state index in [4.69, 9.17) is 9.47 Å². The van der Waals surface area contributed by atoms with Crippen molar-refractivity contribution in [3.05, 3.63) is 59.7 Å². The number of benzene rings is 2. The normalized spacial score (nSPS) is 12.8. The standard InChI is InChI=1S/C21H22N2O5/c1-27-16-6-4-5-14(11-16)12-20(25)28-13-19(24)23-18-8-3-2-7-17(18)21(26)22-15-9-10-15/h2-8,11,15H,9-10,12-13H2,1H3,(H,22,26)(H,23,24). The van der Waals surface area contributed by atoms with Crippen LogP contribution in [0.1, 0.15) is 28.8 Å². The Balaban J connectivity index is 1.51. The highest BCUT2D eigenvalue weighted by molar-refractivity contribution is 6.04. The van der Waals surface area contributed by atoms with E-state index >= 15 is 0 Å². The van der Waals surface area contributed by atoms with E-state index in [1.807, 2.05) is 0 Å². The molecule has 2 N–H and O–H groups in total. The number of anilines is 1. The molecule has 7 nitrogen and oxygen atoms in total. The highest BCUT2D eigenvalue weighted by Crippen LogP contribution is 2.21. The minimum absolute atomic E-state index is 0.0326. The van der Waals surface area contributed by atoms with Gasteiger partial charge >= 0.3 is 5.97 Å². The molecule has 2 aromatic carbocycles. The molecule has 1 aliphatic rings. The summed E-state index contributed by atoms with van der Waals surface area (Å²) in [5.74, 6) is -0.619. The molecule has 0 atom stereocenters. The van der Waals surface area contributed by atoms with E-state index in [1.54, 1.807) is 55.6 Å². The Hall–Kier alpha value is -3.35. The van der Waals surface area contributed by atoms with Gasteiger partial charge in [-0.25, -0.2) is 0 Å². The number of carbonyl (C=O) groups excluding carboxylic acids is 3. The lowest BCUT2D eigenvalue weighted by atomic mass is 10.1. The number of carbonyl (C=O) groups is 3. The molecule has 0 spiro atoms. The minimum atomic E-state index is -0.525. The molecular weight excluding hydrogens is 360 g/mol. The van der Waals surface area contributed by atoms with Crippen LogP contribution in [0.3, 0.4) is 0 Å². The van der Waals surface area contributed by atoms with Gasteiger partial charge in [0.25, 0.3) is 11.8 Å². The second-order valence-corrected chi connectivity index (χ2v) is 6.53. The van der Waals surface area contributed by atoms with Gasteiger partial charge in [0.05, 0.1) is 24.8 Å². The van der Waals surface area contributed by atoms with E-state index < -0.39 is 18.5 Å². The first-order valence-electron chi connectivity index (χ1n) is 9.03. The number of esters is 1. The van der Waals surface area contributed by atoms with Crippen LogP contribution in [0.4, 0.5) is 5.69 Å². The zero-order valence-corrected chi connectivity index (χ0v) is 15.6. The summed E-state index contributed by atoms with van der Waals surface area (Å²) in [6.45, 7) is -0.429. The maximum absolute atomic E-state index is 12.3. The molecule has 0 saturated heterocycles. The Morgan fingerprint density at radius 3 is 2.61 bits per heavy atom. The van der Waals surface area contributed by atoms with Crippen molar-refractivity contribution in [2.45, 2.75) is 25.3 Å². The number of amides is 2. The van der Waals surface area contributed by atoms with Gasteiger partial charge in [0, 0.05) is 6.04 Å². The third-order valence-corrected chi connectivity index (χ3v) is 4.21. The fourth-order valence-corrected chi connectivity index (χ4v) is 2.61. The number of rotatable bonds is 8. The summed E-state index contributed by atoms with van der Waals surface area (Å²) in [6.07, 6.45) is 1.98. The Labute approximate surface area is 163 Å². The molecule has 146 valence electrons. The molecule has 1 saturated carbocycles. The van der Waals surface area contributed by atoms with Crippen LogP contribution in [0.2, 0.25) is 0 Å². The molecule has 0 aliphatic heterocycles. The number of hydrogen-bond donors (Lipinski definition) is 2. The van der Waals surface area contributed by atoms with Crippen molar-refractivity contribution >= 4 is 23.5 Å². The average Bonchev–Trinajstić information content (AvgIpc) is 3.51. The van der Waals surface area contributed by atoms with E-state index in [-0.39, 0.29) is 18.4 Å². The predicted molar refractivity (Wildman–Crippen MR) is 103 cm³/mol. The smallest absolute Gasteiger partial charge is 0.310 e. The summed E-state index contributed by atoms with van der Waals surface area (Å²) < 4.78 is 10.1. The topological polar surface area (TPSA) is 93.7 Å². The van der Waals surface area contributed by atoms with Crippen molar-refractivity contribution < 1.29 is 23.9 Å². The van der Waals surface area contributed by atoms with Crippen LogP contribution in [0.15, 0.2) is 48.5 Å². The first-order chi connectivity index (χ1) is 13.5. The fraction of sp³-hybridized carbons (Fsp3) is 0.286. The lowest BCUT2D eigenvalue weighted by molar-refractivity contribution is -0.146. The van der Waals surface area contributed by atoms with Crippen LogP contribution in [-0.2, 0) is 20.7 Å². The predicted octanol–water partition coefficient (Wildman–Crippen LogP) is 2.31. The fourth-order valence-electron chi connectivity index (χ4n) is 2.61. The summed E-state index contributed by atoms with van der Waals surface area (Å²) >= 11 is 0. The minimum Gasteiger partial charge on any atom is -0.497 e. The first-order valence-corrected chi connectivity index (χ1v) is 9.03. The second kappa shape index (κ2) is 9.03. The van der Waals surface area contributed by atoms with E-state index in [1.165, 1.54) is 0 Å². The number of para-hydroxylation sites is 1. The van der Waals surface area contributed by atoms with E-state index in [0.717, 1.165) is 18.4 Å². The van der Waals surface area contributed by atoms with Gasteiger partial charge < -0.3 is 20.1 Å². The SMILES string of the molecule is COc1cccc(CC(=O)OCC(=O)Nc2ccccc2C(=O)NC2CC2)c1. The summed E-state index contributed by atoms with van der Waals surface area (Å²) in [7, 11) is 1.55. The van der Waals surface area contributed by atoms with Gasteiger partial charge in [0.1, 0.15) is 5.75 Å². The molecule has 0 bridgehead atoms. The highest BCUT2D eigenvalue weighted by atomic mass is 16.5. The van der Waals surface area contributed by atoms with Crippen LogP contribution in [0.5, 0.6) is 5.75 Å². The molecule has 0 aromatic heterocycles. The molecule has 0 unspecified atom stereocenters. The molecular formula is C21H22N2O5. The van der Waals surface area contributed by atoms with Crippen molar-refractivity contribution in [3.8, 4) is 5.75 Å². The number of nitrogens with one attached hydrogen (secondary N) is 2. The lowest BCUT2D eigenvalue weighted by Gasteiger charge is -2.11. The summed E-state index contributed by atoms with van der Waals surface area (Å²) in [6, 6.07) is 14.0. The Bertz CT molecular complexity index is 877. The lowest BCUT2D eigenvalue weighted by Crippen LogP contribution is -2.28. The Morgan fingerprint density at radius 2 is 1.86 bits per heavy atom. The van der Waals surface area contributed by atoms with E-state index in [0.29, 0.717) is 17.0 Å². The molecule has 3 rings (SSSR count). The van der Waals surface area contributed by atoms with Gasteiger partial charge in [0.2, 0.25) is 0 Å². The molecule has 1 fully saturated rings. The van der Waals surface area contributed by atoms with Gasteiger partial charge in [-0.3, -0.25) is 14.4 Å². The Morgan fingerprint density at radius 1 is 1.07 bits per heavy atom. The van der Waals surface area contributed by atoms with Gasteiger partial charge in [-0.05, 0) is 42.7 Å². The van der Waals surface area contributed by atoms with Crippen LogP contribution in [-0.4, -0.2) is 37.5 Å². The van der Waals surface area contributed by atoms with Crippen molar-refractivity contribution in [2.24, 2.45) is 0 Å². The third kappa shape index (κ3) is 5.57. The molecule has 2 aromatic rings. The summed E-state index contributed by atoms with van der Waals surface area (Å²) in [5.41, 5.74) is 1.49. The summed E-state index contributed by atoms with van der Waals surface area (Å²) in [5, 5.41) is 5.51. The van der Waals surface area contributed by atoms with Crippen LogP contribution < -0.4 is 15.4 Å². The molecule has 0 radical (unpaired) electrons. The third-order valence-electron chi connectivity index (χ3n) is 4.21. The first kappa shape index (κ1) is 19.4. The number of methoxy groups -OCH3 is 1. The molecule has 7 heteroatoms. The summed E-state index contributed by atoms with van der Waals surface area (Å²) in [4.78, 5) is 36.4. The van der Waals surface area contributed by atoms with Crippen LogP contribution >= 0.6 is 0 Å². The van der Waals surface area contributed by atoms with E-state index in [2.05, 4.69) is 10.6 Å². The van der Waals surface area contributed by atoms with Gasteiger partial charge in [-0.1, -0.05) is 24.3 Å². The van der Waals surface area contributed by atoms with Crippen LogP contribution in [0.25, 0.3) is 0 Å². The second-order valence-electron chi connectivity index (χ2n) is 6.53. The molecule has 2 amide bonds. The van der Waals surface area contributed by atoms with Gasteiger partial charge in [0.15, 0.2) is 6.61 Å². The maximum Gasteiger partial charge on any atom is 0.310 e. The maximum atomic E-state index is 12.3. The number of hydrogen-bond acceptors (Lipinski definition) is 5. The van der Waals surface area contributed by atoms with E-state index in [9.17, 15) is 14.4 Å². The van der Waals surface area contributed by atoms with Gasteiger partial charge in [-0.2, -0.15) is 0 Å². The average molecular weight is 382 g/mol. The van der Waals surface area contributed by atoms with Crippen molar-refractivity contribution in [3.63, 3.8) is 0 Å².